The van der Waals surface area contributed by atoms with Crippen molar-refractivity contribution in [2.75, 3.05) is 25.0 Å². The molecule has 2 heterocycles. The van der Waals surface area contributed by atoms with Gasteiger partial charge < -0.3 is 10.6 Å². The minimum Gasteiger partial charge on any atom is -0.370 e. The second-order valence-electron chi connectivity index (χ2n) is 6.74. The lowest BCUT2D eigenvalue weighted by molar-refractivity contribution is 0.254. The normalized spacial score (nSPS) is 27.7. The van der Waals surface area contributed by atoms with E-state index in [1.165, 1.54) is 37.1 Å². The first kappa shape index (κ1) is 15.3. The van der Waals surface area contributed by atoms with Crippen molar-refractivity contribution in [3.05, 3.63) is 28.2 Å². The quantitative estimate of drug-likeness (QED) is 0.908. The van der Waals surface area contributed by atoms with Gasteiger partial charge in [0.05, 0.1) is 0 Å². The number of benzene rings is 1. The molecule has 2 aliphatic heterocycles. The zero-order valence-electron chi connectivity index (χ0n) is 13.1. The molecular formula is C17H26BrN3. The average molecular weight is 352 g/mol. The molecule has 2 aliphatic rings. The van der Waals surface area contributed by atoms with E-state index in [4.69, 9.17) is 5.73 Å². The molecule has 2 saturated heterocycles. The highest BCUT2D eigenvalue weighted by Gasteiger charge is 2.35. The number of halogens is 1. The summed E-state index contributed by atoms with van der Waals surface area (Å²) in [6, 6.07) is 8.36. The Hall–Kier alpha value is -0.580. The first-order valence-electron chi connectivity index (χ1n) is 8.05. The van der Waals surface area contributed by atoms with Gasteiger partial charge in [-0.1, -0.05) is 15.9 Å². The lowest BCUT2D eigenvalue weighted by atomic mass is 10.0. The number of likely N-dealkylation sites (N-methyl/N-ethyl adjacent to an activating group) is 1. The van der Waals surface area contributed by atoms with Crippen molar-refractivity contribution in [3.63, 3.8) is 0 Å². The third kappa shape index (κ3) is 3.27. The maximum Gasteiger partial charge on any atom is 0.0400 e. The van der Waals surface area contributed by atoms with Crippen LogP contribution < -0.4 is 10.6 Å². The van der Waals surface area contributed by atoms with Crippen molar-refractivity contribution >= 4 is 21.6 Å². The Morgan fingerprint density at radius 2 is 2.05 bits per heavy atom. The van der Waals surface area contributed by atoms with Gasteiger partial charge in [-0.25, -0.2) is 0 Å². The maximum absolute atomic E-state index is 6.04. The van der Waals surface area contributed by atoms with Gasteiger partial charge in [-0.15, -0.1) is 0 Å². The van der Waals surface area contributed by atoms with E-state index in [1.54, 1.807) is 0 Å². The van der Waals surface area contributed by atoms with Crippen molar-refractivity contribution in [2.45, 2.75) is 50.7 Å². The molecule has 0 radical (unpaired) electrons. The molecule has 3 nitrogen and oxygen atoms in total. The summed E-state index contributed by atoms with van der Waals surface area (Å²) in [6.07, 6.45) is 4.94. The molecule has 2 fully saturated rings. The molecule has 0 saturated carbocycles. The number of anilines is 1. The number of hydrogen-bond acceptors (Lipinski definition) is 3. The predicted octanol–water partition coefficient (Wildman–Crippen LogP) is 3.01. The van der Waals surface area contributed by atoms with Crippen molar-refractivity contribution in [1.29, 1.82) is 0 Å². The van der Waals surface area contributed by atoms with Crippen LogP contribution in [0.1, 0.15) is 31.7 Å². The van der Waals surface area contributed by atoms with E-state index in [-0.39, 0.29) is 6.04 Å². The molecule has 21 heavy (non-hydrogen) atoms. The molecule has 2 N–H and O–H groups in total. The van der Waals surface area contributed by atoms with Gasteiger partial charge in [0.1, 0.15) is 0 Å². The van der Waals surface area contributed by atoms with Gasteiger partial charge in [-0.3, -0.25) is 4.90 Å². The van der Waals surface area contributed by atoms with Crippen LogP contribution in [0.25, 0.3) is 0 Å². The zero-order chi connectivity index (χ0) is 15.0. The Balaban J connectivity index is 1.86. The maximum atomic E-state index is 6.04. The van der Waals surface area contributed by atoms with Crippen LogP contribution in [0.4, 0.5) is 5.69 Å². The molecule has 1 aromatic rings. The molecule has 116 valence electrons. The van der Waals surface area contributed by atoms with Crippen molar-refractivity contribution in [1.82, 2.24) is 4.90 Å². The molecule has 3 atom stereocenters. The number of nitrogens with two attached hydrogens (primary N) is 1. The molecule has 1 aromatic carbocycles. The van der Waals surface area contributed by atoms with E-state index >= 15 is 0 Å². The third-order valence-corrected chi connectivity index (χ3v) is 5.57. The topological polar surface area (TPSA) is 32.5 Å². The summed E-state index contributed by atoms with van der Waals surface area (Å²) >= 11 is 3.60. The highest BCUT2D eigenvalue weighted by Crippen LogP contribution is 2.33. The average Bonchev–Trinajstić information content (AvgIpc) is 2.64. The fraction of sp³-hybridized carbons (Fsp3) is 0.647. The fourth-order valence-corrected chi connectivity index (χ4v) is 4.31. The minimum atomic E-state index is 0.198. The summed E-state index contributed by atoms with van der Waals surface area (Å²) in [5.74, 6) is 0. The van der Waals surface area contributed by atoms with Crippen LogP contribution in [0.5, 0.6) is 0 Å². The Kier molecular flexibility index (Phi) is 4.57. The Labute approximate surface area is 136 Å². The van der Waals surface area contributed by atoms with Gasteiger partial charge in [-0.2, -0.15) is 0 Å². The predicted molar refractivity (Wildman–Crippen MR) is 92.9 cm³/mol. The van der Waals surface area contributed by atoms with Crippen LogP contribution in [0, 0.1) is 0 Å². The molecule has 3 rings (SSSR count). The summed E-state index contributed by atoms with van der Waals surface area (Å²) < 4.78 is 1.15. The van der Waals surface area contributed by atoms with E-state index < -0.39 is 0 Å². The van der Waals surface area contributed by atoms with Crippen LogP contribution in [-0.2, 0) is 6.42 Å². The van der Waals surface area contributed by atoms with E-state index in [0.717, 1.165) is 23.5 Å². The molecule has 3 unspecified atom stereocenters. The van der Waals surface area contributed by atoms with Gasteiger partial charge in [0.15, 0.2) is 0 Å². The summed E-state index contributed by atoms with van der Waals surface area (Å²) in [5, 5.41) is 0. The van der Waals surface area contributed by atoms with Crippen LogP contribution >= 0.6 is 15.9 Å². The number of hydrogen-bond donors (Lipinski definition) is 1. The molecule has 4 heteroatoms. The van der Waals surface area contributed by atoms with Crippen molar-refractivity contribution in [2.24, 2.45) is 5.73 Å². The molecule has 0 spiro atoms. The molecule has 0 aromatic heterocycles. The third-order valence-electron chi connectivity index (χ3n) is 5.07. The zero-order valence-corrected chi connectivity index (χ0v) is 14.6. The summed E-state index contributed by atoms with van der Waals surface area (Å²) in [7, 11) is 2.30. The largest absolute Gasteiger partial charge is 0.370 e. The van der Waals surface area contributed by atoms with Gasteiger partial charge in [-0.05, 0) is 63.4 Å². The molecular weight excluding hydrogens is 326 g/mol. The summed E-state index contributed by atoms with van der Waals surface area (Å²) in [6.45, 7) is 4.41. The van der Waals surface area contributed by atoms with E-state index in [1.807, 2.05) is 0 Å². The molecule has 0 aliphatic carbocycles. The standard InChI is InChI=1S/C17H26BrN3/c1-12(19)9-13-10-14(18)3-6-17(13)21-8-7-15-4-5-16(11-21)20(15)2/h3,6,10,12,15-16H,4-5,7-9,11,19H2,1-2H3. The van der Waals surface area contributed by atoms with E-state index in [0.29, 0.717) is 6.04 Å². The van der Waals surface area contributed by atoms with E-state index in [2.05, 4.69) is 57.9 Å². The van der Waals surface area contributed by atoms with Crippen LogP contribution in [0.2, 0.25) is 0 Å². The minimum absolute atomic E-state index is 0.198. The smallest absolute Gasteiger partial charge is 0.0400 e. The summed E-state index contributed by atoms with van der Waals surface area (Å²) in [4.78, 5) is 5.19. The Morgan fingerprint density at radius 1 is 1.29 bits per heavy atom. The number of fused-ring (bicyclic) bond motifs is 2. The second kappa shape index (κ2) is 6.27. The number of rotatable bonds is 3. The Morgan fingerprint density at radius 3 is 2.81 bits per heavy atom. The number of nitrogens with zero attached hydrogens (tertiary/aromatic N) is 2. The van der Waals surface area contributed by atoms with Gasteiger partial charge in [0, 0.05) is 41.4 Å². The monoisotopic (exact) mass is 351 g/mol. The SMILES string of the molecule is CC(N)Cc1cc(Br)ccc1N1CCC2CCC(C1)N2C. The first-order chi connectivity index (χ1) is 10.0. The highest BCUT2D eigenvalue weighted by atomic mass is 79.9. The molecule has 2 bridgehead atoms. The van der Waals surface area contributed by atoms with Crippen LogP contribution in [-0.4, -0.2) is 43.2 Å². The van der Waals surface area contributed by atoms with Gasteiger partial charge in [0.25, 0.3) is 0 Å². The van der Waals surface area contributed by atoms with Crippen molar-refractivity contribution < 1.29 is 0 Å². The lowest BCUT2D eigenvalue weighted by Gasteiger charge is -2.30. The molecule has 0 amide bonds. The summed E-state index contributed by atoms with van der Waals surface area (Å²) in [5.41, 5.74) is 8.80. The first-order valence-corrected chi connectivity index (χ1v) is 8.85. The van der Waals surface area contributed by atoms with Crippen LogP contribution in [0.3, 0.4) is 0 Å². The lowest BCUT2D eigenvalue weighted by Crippen LogP contribution is -2.37. The van der Waals surface area contributed by atoms with Crippen LogP contribution in [0.15, 0.2) is 22.7 Å². The fourth-order valence-electron chi connectivity index (χ4n) is 3.90. The van der Waals surface area contributed by atoms with Crippen molar-refractivity contribution in [3.8, 4) is 0 Å². The van der Waals surface area contributed by atoms with Gasteiger partial charge in [0.2, 0.25) is 0 Å². The van der Waals surface area contributed by atoms with Gasteiger partial charge >= 0.3 is 0 Å². The van der Waals surface area contributed by atoms with E-state index in [9.17, 15) is 0 Å². The Bertz CT molecular complexity index is 503. The highest BCUT2D eigenvalue weighted by molar-refractivity contribution is 9.10. The second-order valence-corrected chi connectivity index (χ2v) is 7.66.